The fourth-order valence-corrected chi connectivity index (χ4v) is 4.11. The average molecular weight is 398 g/mol. The molecule has 1 aromatic carbocycles. The molecule has 0 bridgehead atoms. The molecule has 11 heteroatoms. The van der Waals surface area contributed by atoms with Crippen LogP contribution in [-0.4, -0.2) is 23.0 Å². The van der Waals surface area contributed by atoms with Gasteiger partial charge in [0.15, 0.2) is 5.69 Å². The van der Waals surface area contributed by atoms with Crippen LogP contribution in [0, 0.1) is 0 Å². The van der Waals surface area contributed by atoms with E-state index in [9.17, 15) is 17.7 Å². The number of rotatable bonds is 6. The van der Waals surface area contributed by atoms with Crippen molar-refractivity contribution in [2.75, 3.05) is 18.9 Å². The van der Waals surface area contributed by atoms with Crippen LogP contribution in [0.25, 0.3) is 5.69 Å². The van der Waals surface area contributed by atoms with E-state index in [1.54, 1.807) is 0 Å². The predicted molar refractivity (Wildman–Crippen MR) is 88.5 cm³/mol. The summed E-state index contributed by atoms with van der Waals surface area (Å²) in [4.78, 5) is 0. The van der Waals surface area contributed by atoms with Gasteiger partial charge in [0.1, 0.15) is 11.1 Å². The van der Waals surface area contributed by atoms with Crippen LogP contribution in [0.15, 0.2) is 24.3 Å². The van der Waals surface area contributed by atoms with Crippen LogP contribution in [0.3, 0.4) is 0 Å². The SMILES string of the molecule is CCOP(=O)(OCC)c1c(C(F)(F)F)nn(-c2ccc(Cl)cc2)c1N. The Morgan fingerprint density at radius 3 is 2.16 bits per heavy atom. The summed E-state index contributed by atoms with van der Waals surface area (Å²) in [7, 11) is -4.31. The van der Waals surface area contributed by atoms with Crippen LogP contribution in [0.4, 0.5) is 19.0 Å². The van der Waals surface area contributed by atoms with Gasteiger partial charge in [0, 0.05) is 5.02 Å². The highest BCUT2D eigenvalue weighted by Crippen LogP contribution is 2.51. The minimum atomic E-state index is -4.90. The molecule has 0 saturated carbocycles. The summed E-state index contributed by atoms with van der Waals surface area (Å²) >= 11 is 5.78. The van der Waals surface area contributed by atoms with Crippen molar-refractivity contribution in [2.24, 2.45) is 0 Å². The molecule has 138 valence electrons. The Balaban J connectivity index is 2.73. The van der Waals surface area contributed by atoms with E-state index < -0.39 is 30.6 Å². The quantitative estimate of drug-likeness (QED) is 0.745. The van der Waals surface area contributed by atoms with Crippen molar-refractivity contribution in [3.63, 3.8) is 0 Å². The first-order chi connectivity index (χ1) is 11.6. The number of aromatic nitrogens is 2. The van der Waals surface area contributed by atoms with Crippen LogP contribution >= 0.6 is 19.2 Å². The first-order valence-corrected chi connectivity index (χ1v) is 9.17. The van der Waals surface area contributed by atoms with E-state index >= 15 is 0 Å². The van der Waals surface area contributed by atoms with Gasteiger partial charge in [0.05, 0.1) is 18.9 Å². The summed E-state index contributed by atoms with van der Waals surface area (Å²) in [6, 6.07) is 5.80. The lowest BCUT2D eigenvalue weighted by atomic mass is 10.3. The molecule has 0 unspecified atom stereocenters. The molecule has 0 saturated heterocycles. The van der Waals surface area contributed by atoms with Crippen molar-refractivity contribution in [2.45, 2.75) is 20.0 Å². The third kappa shape index (κ3) is 4.00. The smallest absolute Gasteiger partial charge is 0.383 e. The highest BCUT2D eigenvalue weighted by atomic mass is 35.5. The average Bonchev–Trinajstić information content (AvgIpc) is 2.87. The summed E-state index contributed by atoms with van der Waals surface area (Å²) < 4.78 is 64.1. The topological polar surface area (TPSA) is 79.4 Å². The highest BCUT2D eigenvalue weighted by Gasteiger charge is 2.47. The van der Waals surface area contributed by atoms with Gasteiger partial charge >= 0.3 is 13.8 Å². The van der Waals surface area contributed by atoms with Gasteiger partial charge in [0.2, 0.25) is 0 Å². The van der Waals surface area contributed by atoms with Gasteiger partial charge in [-0.15, -0.1) is 0 Å². The fraction of sp³-hybridized carbons (Fsp3) is 0.357. The minimum Gasteiger partial charge on any atom is -0.383 e. The zero-order chi connectivity index (χ0) is 18.8. The van der Waals surface area contributed by atoms with Gasteiger partial charge in [-0.25, -0.2) is 4.68 Å². The Morgan fingerprint density at radius 2 is 1.72 bits per heavy atom. The van der Waals surface area contributed by atoms with Crippen molar-refractivity contribution in [3.8, 4) is 5.69 Å². The number of hydrogen-bond donors (Lipinski definition) is 1. The third-order valence-electron chi connectivity index (χ3n) is 3.11. The molecule has 2 aromatic rings. The van der Waals surface area contributed by atoms with Gasteiger partial charge in [-0.3, -0.25) is 4.57 Å². The van der Waals surface area contributed by atoms with E-state index in [-0.39, 0.29) is 18.9 Å². The number of alkyl halides is 3. The van der Waals surface area contributed by atoms with Crippen LogP contribution in [0.1, 0.15) is 19.5 Å². The van der Waals surface area contributed by atoms with Crippen molar-refractivity contribution in [3.05, 3.63) is 35.0 Å². The molecule has 1 aromatic heterocycles. The molecule has 0 aliphatic carbocycles. The van der Waals surface area contributed by atoms with Crippen molar-refractivity contribution in [1.82, 2.24) is 9.78 Å². The molecular formula is C14H16ClF3N3O3P. The molecule has 0 radical (unpaired) electrons. The monoisotopic (exact) mass is 397 g/mol. The molecule has 0 aliphatic heterocycles. The number of benzene rings is 1. The molecule has 2 N–H and O–H groups in total. The molecular weight excluding hydrogens is 382 g/mol. The molecule has 6 nitrogen and oxygen atoms in total. The number of nitrogens with two attached hydrogens (primary N) is 1. The number of nitrogen functional groups attached to an aromatic ring is 1. The number of anilines is 1. The molecule has 25 heavy (non-hydrogen) atoms. The van der Waals surface area contributed by atoms with Crippen molar-refractivity contribution >= 4 is 30.3 Å². The van der Waals surface area contributed by atoms with E-state index in [1.165, 1.54) is 38.1 Å². The van der Waals surface area contributed by atoms with Crippen LogP contribution in [-0.2, 0) is 19.8 Å². The van der Waals surface area contributed by atoms with Gasteiger partial charge in [-0.05, 0) is 38.1 Å². The summed E-state index contributed by atoms with van der Waals surface area (Å²) in [5.74, 6) is -0.472. The summed E-state index contributed by atoms with van der Waals surface area (Å²) in [5.41, 5.74) is 4.66. The molecule has 0 amide bonds. The normalized spacial score (nSPS) is 12.6. The standard InChI is InChI=1S/C14H16ClF3N3O3P/c1-3-23-25(22,24-4-2)11-12(14(16,17)18)20-21(13(11)19)10-7-5-9(15)6-8-10/h5-8H,3-4,19H2,1-2H3. The molecule has 0 atom stereocenters. The minimum absolute atomic E-state index is 0.125. The van der Waals surface area contributed by atoms with Gasteiger partial charge in [0.25, 0.3) is 0 Å². The van der Waals surface area contributed by atoms with Crippen LogP contribution < -0.4 is 11.0 Å². The maximum absolute atomic E-state index is 13.4. The summed E-state index contributed by atoms with van der Waals surface area (Å²) in [5, 5.41) is 3.10. The Labute approximate surface area is 147 Å². The lowest BCUT2D eigenvalue weighted by molar-refractivity contribution is -0.140. The molecule has 2 rings (SSSR count). The Hall–Kier alpha value is -1.54. The fourth-order valence-electron chi connectivity index (χ4n) is 2.17. The molecule has 0 spiro atoms. The second-order valence-corrected chi connectivity index (χ2v) is 7.20. The molecule has 0 aliphatic rings. The van der Waals surface area contributed by atoms with Crippen LogP contribution in [0.2, 0.25) is 5.02 Å². The predicted octanol–water partition coefficient (Wildman–Crippen LogP) is 4.02. The second kappa shape index (κ2) is 7.37. The second-order valence-electron chi connectivity index (χ2n) is 4.80. The Bertz CT molecular complexity index is 783. The zero-order valence-corrected chi connectivity index (χ0v) is 15.0. The highest BCUT2D eigenvalue weighted by molar-refractivity contribution is 7.62. The van der Waals surface area contributed by atoms with E-state index in [0.717, 1.165) is 4.68 Å². The zero-order valence-electron chi connectivity index (χ0n) is 13.4. The Kier molecular flexibility index (Phi) is 5.83. The van der Waals surface area contributed by atoms with E-state index in [2.05, 4.69) is 5.10 Å². The summed E-state index contributed by atoms with van der Waals surface area (Å²) in [6.45, 7) is 2.72. The lowest BCUT2D eigenvalue weighted by Gasteiger charge is -2.18. The number of hydrogen-bond acceptors (Lipinski definition) is 5. The molecule has 0 fully saturated rings. The van der Waals surface area contributed by atoms with Crippen molar-refractivity contribution in [1.29, 1.82) is 0 Å². The first-order valence-electron chi connectivity index (χ1n) is 7.25. The lowest BCUT2D eigenvalue weighted by Crippen LogP contribution is -2.22. The van der Waals surface area contributed by atoms with Crippen LogP contribution in [0.5, 0.6) is 0 Å². The largest absolute Gasteiger partial charge is 0.436 e. The number of halogens is 4. The number of nitrogens with zero attached hydrogens (tertiary/aromatic N) is 2. The van der Waals surface area contributed by atoms with Gasteiger partial charge < -0.3 is 14.8 Å². The van der Waals surface area contributed by atoms with E-state index in [0.29, 0.717) is 5.02 Å². The van der Waals surface area contributed by atoms with Crippen molar-refractivity contribution < 1.29 is 26.8 Å². The maximum atomic E-state index is 13.4. The van der Waals surface area contributed by atoms with E-state index in [1.807, 2.05) is 0 Å². The Morgan fingerprint density at radius 1 is 1.20 bits per heavy atom. The first kappa shape index (κ1) is 19.8. The van der Waals surface area contributed by atoms with Gasteiger partial charge in [-0.2, -0.15) is 18.3 Å². The summed E-state index contributed by atoms with van der Waals surface area (Å²) in [6.07, 6.45) is -4.90. The third-order valence-corrected chi connectivity index (χ3v) is 5.54. The maximum Gasteiger partial charge on any atom is 0.436 e. The van der Waals surface area contributed by atoms with Gasteiger partial charge in [-0.1, -0.05) is 11.6 Å². The van der Waals surface area contributed by atoms with E-state index in [4.69, 9.17) is 26.4 Å². The molecule has 1 heterocycles.